The molecule has 1 aromatic rings. The number of ether oxygens (including phenoxy) is 2. The van der Waals surface area contributed by atoms with Crippen molar-refractivity contribution in [3.8, 4) is 0 Å². The minimum Gasteiger partial charge on any atom is -0.756 e. The van der Waals surface area contributed by atoms with E-state index >= 15 is 0 Å². The van der Waals surface area contributed by atoms with Crippen molar-refractivity contribution in [3.05, 3.63) is 22.7 Å². The first-order chi connectivity index (χ1) is 27.3. The van der Waals surface area contributed by atoms with Crippen LogP contribution < -0.4 is 80.3 Å². The molecule has 0 aliphatic carbocycles. The molecule has 0 spiro atoms. The Bertz CT molecular complexity index is 1410. The van der Waals surface area contributed by atoms with Gasteiger partial charge < -0.3 is 44.3 Å². The number of phosphoric acid groups is 2. The van der Waals surface area contributed by atoms with Crippen molar-refractivity contribution in [2.75, 3.05) is 30.5 Å². The minimum absolute atomic E-state index is 0. The molecule has 1 fully saturated rings. The molecule has 1 aliphatic heterocycles. The van der Waals surface area contributed by atoms with Crippen LogP contribution in [0.15, 0.2) is 17.1 Å². The Morgan fingerprint density at radius 2 is 1.32 bits per heavy atom. The summed E-state index contributed by atoms with van der Waals surface area (Å²) in [5.41, 5.74) is 4.58. The van der Waals surface area contributed by atoms with Gasteiger partial charge in [-0.15, -0.1) is 0 Å². The molecular formula is C38H69N3Na2O13P2S. The summed E-state index contributed by atoms with van der Waals surface area (Å²) < 4.78 is 50.7. The van der Waals surface area contributed by atoms with E-state index in [4.69, 9.17) is 19.7 Å². The summed E-state index contributed by atoms with van der Waals surface area (Å²) in [4.78, 5) is 53.5. The van der Waals surface area contributed by atoms with E-state index in [0.717, 1.165) is 48.8 Å². The molecule has 7 unspecified atom stereocenters. The van der Waals surface area contributed by atoms with E-state index in [2.05, 4.69) is 27.7 Å². The average Bonchev–Trinajstić information content (AvgIpc) is 3.43. The van der Waals surface area contributed by atoms with Crippen LogP contribution in [0.1, 0.15) is 161 Å². The number of nitrogen functional groups attached to an aromatic ring is 1. The van der Waals surface area contributed by atoms with Crippen LogP contribution in [0.3, 0.4) is 0 Å². The van der Waals surface area contributed by atoms with Crippen molar-refractivity contribution in [2.24, 2.45) is 0 Å². The fourth-order valence-corrected chi connectivity index (χ4v) is 9.46. The van der Waals surface area contributed by atoms with Crippen LogP contribution in [0.4, 0.5) is 5.82 Å². The number of carbonyl (C=O) groups excluding carboxylic acids is 1. The standard InChI is InChI=1S/C38H71N3O13P2S.2Na/c1-3-5-7-9-11-13-14-15-17-19-21-23-27-57-30-31(52-34(42)24-22-20-18-16-12-10-8-6-4-2)28-50-55(46,47)54-56(48,49)51-29-32-35(43)36(44)37(53-32)41-26-25-33(39)40-38(41)45;;/h25-26,31-32,35-37,43-44H,3-24,27-30H2,1-2H3,(H,46,47)(H,48,49)(H2,39,40,45);;/q;2*+1/p-2. The molecule has 0 saturated carbocycles. The van der Waals surface area contributed by atoms with Crippen LogP contribution in [0.25, 0.3) is 0 Å². The number of carbonyl (C=O) groups is 1. The molecule has 7 atom stereocenters. The van der Waals surface area contributed by atoms with Crippen LogP contribution >= 0.6 is 27.4 Å². The molecule has 16 nitrogen and oxygen atoms in total. The number of aromatic nitrogens is 2. The van der Waals surface area contributed by atoms with Crippen LogP contribution in [-0.2, 0) is 36.8 Å². The molecular weight excluding hydrogens is 846 g/mol. The zero-order valence-corrected chi connectivity index (χ0v) is 42.7. The monoisotopic (exact) mass is 915 g/mol. The maximum atomic E-state index is 12.7. The molecule has 4 N–H and O–H groups in total. The van der Waals surface area contributed by atoms with Gasteiger partial charge in [0.25, 0.3) is 15.6 Å². The average molecular weight is 916 g/mol. The van der Waals surface area contributed by atoms with Gasteiger partial charge in [-0.1, -0.05) is 136 Å². The zero-order valence-electron chi connectivity index (χ0n) is 36.1. The number of phosphoric ester groups is 2. The molecule has 1 aliphatic rings. The van der Waals surface area contributed by atoms with E-state index in [-0.39, 0.29) is 77.1 Å². The SMILES string of the molecule is CCCCCCCCCCCCCCSCC(COP(=O)([O-])OP(=O)([O-])OCC1OC(n2ccc(N)nc2=O)C(O)C1O)OC(=O)CCCCCCCCCCC.[Na+].[Na+]. The zero-order chi connectivity index (χ0) is 41.9. The Morgan fingerprint density at radius 3 is 1.85 bits per heavy atom. The third-order valence-electron chi connectivity index (χ3n) is 9.71. The van der Waals surface area contributed by atoms with Gasteiger partial charge in [-0.05, 0) is 24.7 Å². The molecule has 0 amide bonds. The van der Waals surface area contributed by atoms with E-state index in [1.54, 1.807) is 0 Å². The fraction of sp³-hybridized carbons (Fsp3) is 0.868. The van der Waals surface area contributed by atoms with Gasteiger partial charge in [0.15, 0.2) is 6.23 Å². The number of esters is 1. The van der Waals surface area contributed by atoms with E-state index < -0.39 is 71.2 Å². The molecule has 0 aromatic carbocycles. The van der Waals surface area contributed by atoms with Gasteiger partial charge in [0.2, 0.25) is 0 Å². The van der Waals surface area contributed by atoms with E-state index in [9.17, 15) is 38.7 Å². The molecule has 1 aromatic heterocycles. The van der Waals surface area contributed by atoms with Gasteiger partial charge in [-0.25, -0.2) is 9.11 Å². The third-order valence-corrected chi connectivity index (χ3v) is 13.4. The number of aliphatic hydroxyl groups is 2. The molecule has 332 valence electrons. The van der Waals surface area contributed by atoms with Gasteiger partial charge in [0.1, 0.15) is 30.2 Å². The number of unbranched alkanes of at least 4 members (excludes halogenated alkanes) is 19. The smallest absolute Gasteiger partial charge is 0.756 e. The molecule has 21 heteroatoms. The predicted octanol–water partition coefficient (Wildman–Crippen LogP) is 0.706. The first kappa shape index (κ1) is 59.6. The first-order valence-corrected chi connectivity index (χ1v) is 25.1. The van der Waals surface area contributed by atoms with Gasteiger partial charge >= 0.3 is 70.8 Å². The van der Waals surface area contributed by atoms with Gasteiger partial charge in [-0.2, -0.15) is 16.7 Å². The second kappa shape index (κ2) is 35.0. The van der Waals surface area contributed by atoms with Crippen molar-refractivity contribution < 1.29 is 116 Å². The van der Waals surface area contributed by atoms with E-state index in [1.807, 2.05) is 0 Å². The normalized spacial score (nSPS) is 20.2. The summed E-state index contributed by atoms with van der Waals surface area (Å²) in [7, 11) is -11.2. The van der Waals surface area contributed by atoms with Crippen LogP contribution in [0, 0.1) is 0 Å². The summed E-state index contributed by atoms with van der Waals surface area (Å²) >= 11 is 1.49. The largest absolute Gasteiger partial charge is 1.00 e. The topological polar surface area (TPSA) is 245 Å². The molecule has 0 bridgehead atoms. The van der Waals surface area contributed by atoms with Crippen molar-refractivity contribution in [3.63, 3.8) is 0 Å². The summed E-state index contributed by atoms with van der Waals surface area (Å²) in [6, 6.07) is 1.25. The number of rotatable bonds is 35. The molecule has 2 rings (SSSR count). The second-order valence-corrected chi connectivity index (χ2v) is 18.9. The maximum Gasteiger partial charge on any atom is 1.00 e. The molecule has 0 radical (unpaired) electrons. The van der Waals surface area contributed by atoms with Crippen LogP contribution in [-0.4, -0.2) is 74.9 Å². The Labute approximate surface area is 400 Å². The first-order valence-electron chi connectivity index (χ1n) is 21.0. The van der Waals surface area contributed by atoms with Crippen LogP contribution in [0.5, 0.6) is 0 Å². The van der Waals surface area contributed by atoms with E-state index in [1.165, 1.54) is 114 Å². The predicted molar refractivity (Wildman–Crippen MR) is 217 cm³/mol. The Kier molecular flexibility index (Phi) is 35.3. The van der Waals surface area contributed by atoms with E-state index in [0.29, 0.717) is 6.42 Å². The number of thioether (sulfide) groups is 1. The number of hydrogen-bond donors (Lipinski definition) is 3. The Morgan fingerprint density at radius 1 is 0.831 bits per heavy atom. The number of hydrogen-bond acceptors (Lipinski definition) is 16. The van der Waals surface area contributed by atoms with Crippen LogP contribution in [0.2, 0.25) is 0 Å². The Hall–Kier alpha value is 0.640. The second-order valence-electron chi connectivity index (χ2n) is 14.8. The summed E-state index contributed by atoms with van der Waals surface area (Å²) in [6.45, 7) is 2.77. The van der Waals surface area contributed by atoms with Gasteiger partial charge in [-0.3, -0.25) is 18.5 Å². The van der Waals surface area contributed by atoms with Gasteiger partial charge in [0, 0.05) is 18.4 Å². The van der Waals surface area contributed by atoms with Gasteiger partial charge in [0.05, 0.1) is 13.2 Å². The van der Waals surface area contributed by atoms with Crippen molar-refractivity contribution in [2.45, 2.75) is 186 Å². The fourth-order valence-electron chi connectivity index (χ4n) is 6.43. The summed E-state index contributed by atoms with van der Waals surface area (Å²) in [5.74, 6) is 0.419. The third kappa shape index (κ3) is 27.5. The maximum absolute atomic E-state index is 12.7. The Balaban J connectivity index is 0.0000168. The summed E-state index contributed by atoms with van der Waals surface area (Å²) in [6.07, 6.45) is 18.3. The quantitative estimate of drug-likeness (QED) is 0.0367. The molecule has 1 saturated heterocycles. The minimum atomic E-state index is -5.63. The number of nitrogens with zero attached hydrogens (tertiary/aromatic N) is 2. The van der Waals surface area contributed by atoms with Crippen molar-refractivity contribution in [1.29, 1.82) is 0 Å². The van der Waals surface area contributed by atoms with Crippen molar-refractivity contribution >= 4 is 39.2 Å². The molecule has 59 heavy (non-hydrogen) atoms. The van der Waals surface area contributed by atoms with Crippen molar-refractivity contribution in [1.82, 2.24) is 9.55 Å². The number of aliphatic hydroxyl groups excluding tert-OH is 2. The molecule has 2 heterocycles. The summed E-state index contributed by atoms with van der Waals surface area (Å²) in [5, 5.41) is 20.8. The number of nitrogens with two attached hydrogens (primary N) is 1. The number of anilines is 1.